The standard InChI is InChI=1S/4Au.2H2O3S2/c;;;;2*1-5(2,3)4/h;;;;2*(H2,1,2,3,4)/q4*+1;;/p-4. The van der Waals surface area contributed by atoms with E-state index in [1.165, 1.54) is 0 Å². The summed E-state index contributed by atoms with van der Waals surface area (Å²) in [5, 5.41) is 0. The number of hydrogen-bond donors (Lipinski definition) is 0. The molecule has 0 amide bonds. The summed E-state index contributed by atoms with van der Waals surface area (Å²) in [6, 6.07) is 0. The maximum atomic E-state index is 8.89. The smallest absolute Gasteiger partial charge is 0.768 e. The van der Waals surface area contributed by atoms with Gasteiger partial charge in [-0.15, -0.1) is 0 Å². The fraction of sp³-hybridized carbons (Fsp3) is 0. The number of rotatable bonds is 0. The van der Waals surface area contributed by atoms with E-state index in [9.17, 15) is 0 Å². The zero-order valence-corrected chi connectivity index (χ0v) is 17.2. The van der Waals surface area contributed by atoms with Crippen molar-refractivity contribution in [1.82, 2.24) is 0 Å². The van der Waals surface area contributed by atoms with Crippen LogP contribution in [0.3, 0.4) is 0 Å². The summed E-state index contributed by atoms with van der Waals surface area (Å²) in [4.78, 5) is 0. The van der Waals surface area contributed by atoms with E-state index in [1.807, 2.05) is 0 Å². The van der Waals surface area contributed by atoms with Crippen LogP contribution in [0.1, 0.15) is 0 Å². The van der Waals surface area contributed by atoms with Crippen LogP contribution >= 0.6 is 0 Å². The molecule has 0 spiro atoms. The van der Waals surface area contributed by atoms with Crippen molar-refractivity contribution < 1.29 is 115 Å². The largest absolute Gasteiger partial charge is 1.00 e. The molecule has 0 fully saturated rings. The van der Waals surface area contributed by atoms with Gasteiger partial charge >= 0.3 is 89.5 Å². The summed E-state index contributed by atoms with van der Waals surface area (Å²) in [6.07, 6.45) is 0. The predicted octanol–water partition coefficient (Wildman–Crippen LogP) is -2.02. The van der Waals surface area contributed by atoms with E-state index in [-0.39, 0.29) is 89.5 Å². The Morgan fingerprint density at radius 3 is 0.643 bits per heavy atom. The molecule has 0 aliphatic heterocycles. The maximum absolute atomic E-state index is 8.89. The third kappa shape index (κ3) is 268. The topological polar surface area (TPSA) is 114 Å². The Kier molecular flexibility index (Phi) is 42.4. The van der Waals surface area contributed by atoms with Crippen molar-refractivity contribution >= 4 is 41.6 Å². The van der Waals surface area contributed by atoms with Gasteiger partial charge in [0.15, 0.2) is 0 Å². The summed E-state index contributed by atoms with van der Waals surface area (Å²) in [7, 11) is -8.67. The van der Waals surface area contributed by atoms with E-state index >= 15 is 0 Å². The van der Waals surface area contributed by atoms with Gasteiger partial charge < -0.3 is 32.4 Å². The molecule has 14 heteroatoms. The second-order valence-electron chi connectivity index (χ2n) is 0.816. The first-order chi connectivity index (χ1) is 4.00. The zero-order valence-electron chi connectivity index (χ0n) is 5.29. The SMILES string of the molecule is O=S(=O)([O-])[S-].O=S(=O)([O-])[S-].[Au+].[Au+].[Au+].[Au+]. The molecule has 0 heterocycles. The molecule has 6 nitrogen and oxygen atoms in total. The molecule has 0 N–H and O–H groups in total. The molecule has 0 radical (unpaired) electrons. The molecule has 0 saturated heterocycles. The van der Waals surface area contributed by atoms with E-state index < -0.39 is 18.3 Å². The van der Waals surface area contributed by atoms with Crippen LogP contribution in [0.4, 0.5) is 0 Å². The van der Waals surface area contributed by atoms with Crippen molar-refractivity contribution in [3.05, 3.63) is 0 Å². The molecule has 0 aliphatic carbocycles. The monoisotopic (exact) mass is 1010 g/mol. The summed E-state index contributed by atoms with van der Waals surface area (Å²) in [5.74, 6) is 0. The minimum atomic E-state index is -4.33. The van der Waals surface area contributed by atoms with Gasteiger partial charge in [-0.3, -0.25) is 16.8 Å². The van der Waals surface area contributed by atoms with Crippen LogP contribution in [0.5, 0.6) is 0 Å². The van der Waals surface area contributed by atoms with E-state index in [0.717, 1.165) is 0 Å². The van der Waals surface area contributed by atoms with Crippen LogP contribution in [0.25, 0.3) is 0 Å². The molecular weight excluding hydrogens is 1010 g/mol. The normalized spacial score (nSPS) is 8.29. The van der Waals surface area contributed by atoms with E-state index in [4.69, 9.17) is 25.9 Å². The molecule has 0 atom stereocenters. The molecule has 0 unspecified atom stereocenters. The van der Waals surface area contributed by atoms with Crippen LogP contribution in [0, 0.1) is 0 Å². The van der Waals surface area contributed by atoms with Crippen molar-refractivity contribution in [2.75, 3.05) is 0 Å². The van der Waals surface area contributed by atoms with Gasteiger partial charge in [-0.2, -0.15) is 0 Å². The van der Waals surface area contributed by atoms with Gasteiger partial charge in [0.25, 0.3) is 0 Å². The minimum absolute atomic E-state index is 0. The van der Waals surface area contributed by atoms with Gasteiger partial charge in [0, 0.05) is 0 Å². The maximum Gasteiger partial charge on any atom is 1.00 e. The molecule has 0 saturated carbocycles. The first-order valence-electron chi connectivity index (χ1n) is 1.33. The van der Waals surface area contributed by atoms with Gasteiger partial charge in [-0.1, -0.05) is 0 Å². The Morgan fingerprint density at radius 2 is 0.643 bits per heavy atom. The van der Waals surface area contributed by atoms with E-state index in [1.54, 1.807) is 0 Å². The third-order valence-electron chi connectivity index (χ3n) is 0. The Balaban J connectivity index is -0.0000000178. The predicted molar refractivity (Wildman–Crippen MR) is 34.1 cm³/mol. The van der Waals surface area contributed by atoms with Crippen molar-refractivity contribution in [2.24, 2.45) is 0 Å². The van der Waals surface area contributed by atoms with Crippen LogP contribution in [-0.2, 0) is 131 Å². The van der Waals surface area contributed by atoms with Gasteiger partial charge in [-0.25, -0.2) is 0 Å². The van der Waals surface area contributed by atoms with Crippen molar-refractivity contribution in [2.45, 2.75) is 0 Å². The Morgan fingerprint density at radius 1 is 0.643 bits per heavy atom. The Hall–Kier alpha value is 3.48. The molecule has 0 aromatic carbocycles. The molecule has 0 rings (SSSR count). The van der Waals surface area contributed by atoms with Crippen molar-refractivity contribution in [1.29, 1.82) is 0 Å². The van der Waals surface area contributed by atoms with Crippen LogP contribution in [0.15, 0.2) is 0 Å². The Labute approximate surface area is 154 Å². The molecule has 14 heavy (non-hydrogen) atoms. The summed E-state index contributed by atoms with van der Waals surface area (Å²) >= 11 is 6.49. The Bertz CT molecular complexity index is 218. The molecule has 0 bridgehead atoms. The van der Waals surface area contributed by atoms with E-state index in [2.05, 4.69) is 23.3 Å². The first kappa shape index (κ1) is 36.0. The molecule has 0 aromatic heterocycles. The molecular formula is Au4O6S4. The first-order valence-corrected chi connectivity index (χ1v) is 6.00. The molecule has 104 valence electrons. The third-order valence-corrected chi connectivity index (χ3v) is 0. The second kappa shape index (κ2) is 16.5. The minimum Gasteiger partial charge on any atom is -0.768 e. The van der Waals surface area contributed by atoms with Gasteiger partial charge in [-0.05, 0) is 18.3 Å². The summed E-state index contributed by atoms with van der Waals surface area (Å²) in [6.45, 7) is 0. The molecule has 0 aliphatic rings. The van der Waals surface area contributed by atoms with Gasteiger partial charge in [0.1, 0.15) is 0 Å². The molecule has 0 aromatic rings. The summed E-state index contributed by atoms with van der Waals surface area (Å²) in [5.41, 5.74) is 0. The fourth-order valence-electron chi connectivity index (χ4n) is 0. The zero-order chi connectivity index (χ0) is 9.00. The van der Waals surface area contributed by atoms with Crippen LogP contribution in [-0.4, -0.2) is 25.9 Å². The van der Waals surface area contributed by atoms with Crippen molar-refractivity contribution in [3.63, 3.8) is 0 Å². The van der Waals surface area contributed by atoms with E-state index in [0.29, 0.717) is 0 Å². The quantitative estimate of drug-likeness (QED) is 0.119. The van der Waals surface area contributed by atoms with Crippen molar-refractivity contribution in [3.8, 4) is 0 Å². The van der Waals surface area contributed by atoms with Crippen LogP contribution < -0.4 is 0 Å². The van der Waals surface area contributed by atoms with Gasteiger partial charge in [0.05, 0.1) is 0 Å². The average molecular weight is 1010 g/mol. The summed E-state index contributed by atoms with van der Waals surface area (Å²) < 4.78 is 53.3. The number of hydrogen-bond acceptors (Lipinski definition) is 8. The van der Waals surface area contributed by atoms with Crippen LogP contribution in [0.2, 0.25) is 0 Å². The second-order valence-corrected chi connectivity index (χ2v) is 4.90. The fourth-order valence-corrected chi connectivity index (χ4v) is 0. The average Bonchev–Trinajstić information content (AvgIpc) is 1.12. The van der Waals surface area contributed by atoms with Gasteiger partial charge in [0.2, 0.25) is 0 Å².